The number of nitrogens with one attached hydrogen (secondary N) is 1. The Morgan fingerprint density at radius 3 is 3.00 bits per heavy atom. The topological polar surface area (TPSA) is 36.0 Å². The van der Waals surface area contributed by atoms with Crippen molar-refractivity contribution in [1.82, 2.24) is 4.98 Å². The quantitative estimate of drug-likeness (QED) is 0.634. The first-order valence-electron chi connectivity index (χ1n) is 4.76. The second kappa shape index (κ2) is 3.04. The van der Waals surface area contributed by atoms with Gasteiger partial charge in [0.1, 0.15) is 5.60 Å². The molecule has 1 aromatic rings. The van der Waals surface area contributed by atoms with Gasteiger partial charge in [0.25, 0.3) is 0 Å². The summed E-state index contributed by atoms with van der Waals surface area (Å²) >= 11 is 0. The van der Waals surface area contributed by atoms with Crippen LogP contribution in [0.4, 0.5) is 0 Å². The molecule has 0 fully saturated rings. The lowest BCUT2D eigenvalue weighted by Crippen LogP contribution is -2.26. The second-order valence-electron chi connectivity index (χ2n) is 3.88. The van der Waals surface area contributed by atoms with Crippen molar-refractivity contribution < 1.29 is 5.11 Å². The lowest BCUT2D eigenvalue weighted by molar-refractivity contribution is 0.0635. The van der Waals surface area contributed by atoms with E-state index in [4.69, 9.17) is 0 Å². The fraction of sp³-hybridized carbons (Fsp3) is 0.455. The molecule has 0 bridgehead atoms. The van der Waals surface area contributed by atoms with Crippen LogP contribution in [0.3, 0.4) is 0 Å². The van der Waals surface area contributed by atoms with E-state index in [9.17, 15) is 5.11 Å². The fourth-order valence-electron chi connectivity index (χ4n) is 1.77. The van der Waals surface area contributed by atoms with Crippen LogP contribution in [-0.2, 0) is 5.60 Å². The summed E-state index contributed by atoms with van der Waals surface area (Å²) in [6, 6.07) is 3.85. The van der Waals surface area contributed by atoms with Crippen LogP contribution in [0.25, 0.3) is 0 Å². The van der Waals surface area contributed by atoms with Gasteiger partial charge in [-0.25, -0.2) is 0 Å². The lowest BCUT2D eigenvalue weighted by atomic mass is 9.84. The van der Waals surface area contributed by atoms with Crippen LogP contribution in [0, 0.1) is 5.92 Å². The molecule has 70 valence electrons. The molecule has 0 aromatic carbocycles. The molecule has 2 rings (SSSR count). The van der Waals surface area contributed by atoms with Crippen LogP contribution >= 0.6 is 0 Å². The molecule has 0 radical (unpaired) electrons. The Bertz CT molecular complexity index is 302. The predicted octanol–water partition coefficient (Wildman–Crippen LogP) is 2.19. The Labute approximate surface area is 78.3 Å². The highest BCUT2D eigenvalue weighted by Gasteiger charge is 2.29. The van der Waals surface area contributed by atoms with Crippen molar-refractivity contribution in [2.24, 2.45) is 5.92 Å². The van der Waals surface area contributed by atoms with Crippen LogP contribution in [-0.4, -0.2) is 10.1 Å². The third kappa shape index (κ3) is 1.54. The molecule has 0 saturated carbocycles. The normalized spacial score (nSPS) is 33.5. The highest BCUT2D eigenvalue weighted by molar-refractivity contribution is 5.22. The van der Waals surface area contributed by atoms with Gasteiger partial charge in [-0.3, -0.25) is 0 Å². The van der Waals surface area contributed by atoms with Gasteiger partial charge < -0.3 is 10.1 Å². The van der Waals surface area contributed by atoms with Crippen molar-refractivity contribution in [3.8, 4) is 0 Å². The van der Waals surface area contributed by atoms with Crippen molar-refractivity contribution in [2.75, 3.05) is 0 Å². The first kappa shape index (κ1) is 8.57. The fourth-order valence-corrected chi connectivity index (χ4v) is 1.77. The van der Waals surface area contributed by atoms with Gasteiger partial charge in [-0.15, -0.1) is 0 Å². The van der Waals surface area contributed by atoms with E-state index >= 15 is 0 Å². The molecule has 1 aliphatic carbocycles. The zero-order valence-electron chi connectivity index (χ0n) is 7.83. The van der Waals surface area contributed by atoms with Crippen LogP contribution in [0.2, 0.25) is 0 Å². The minimum Gasteiger partial charge on any atom is -0.380 e. The van der Waals surface area contributed by atoms with Gasteiger partial charge >= 0.3 is 0 Å². The van der Waals surface area contributed by atoms with Crippen molar-refractivity contribution in [3.05, 3.63) is 36.2 Å². The molecule has 0 amide bonds. The minimum absolute atomic E-state index is 0.593. The first-order chi connectivity index (χ1) is 6.21. The molecule has 1 aromatic heterocycles. The summed E-state index contributed by atoms with van der Waals surface area (Å²) in [6.45, 7) is 2.17. The predicted molar refractivity (Wildman–Crippen MR) is 52.2 cm³/mol. The number of aromatic amines is 1. The summed E-state index contributed by atoms with van der Waals surface area (Å²) in [5.74, 6) is 0.593. The SMILES string of the molecule is CC1C=CC(O)(c2ccc[nH]2)CC1. The Hall–Kier alpha value is -1.02. The van der Waals surface area contributed by atoms with Gasteiger partial charge in [0, 0.05) is 6.20 Å². The Balaban J connectivity index is 2.27. The van der Waals surface area contributed by atoms with Gasteiger partial charge in [0.15, 0.2) is 0 Å². The van der Waals surface area contributed by atoms with E-state index in [1.165, 1.54) is 0 Å². The molecule has 2 nitrogen and oxygen atoms in total. The molecule has 1 heterocycles. The Morgan fingerprint density at radius 2 is 2.46 bits per heavy atom. The van der Waals surface area contributed by atoms with Gasteiger partial charge in [0.2, 0.25) is 0 Å². The largest absolute Gasteiger partial charge is 0.380 e. The average Bonchev–Trinajstić information content (AvgIpc) is 2.63. The van der Waals surface area contributed by atoms with E-state index in [0.717, 1.165) is 18.5 Å². The van der Waals surface area contributed by atoms with E-state index in [0.29, 0.717) is 5.92 Å². The molecule has 1 aliphatic rings. The van der Waals surface area contributed by atoms with Gasteiger partial charge in [-0.1, -0.05) is 19.1 Å². The standard InChI is InChI=1S/C11H15NO/c1-9-4-6-11(13,7-5-9)10-3-2-8-12-10/h2-4,6,8-9,12-13H,5,7H2,1H3. The number of allylic oxidation sites excluding steroid dienone is 1. The number of aliphatic hydroxyl groups is 1. The molecule has 0 spiro atoms. The first-order valence-corrected chi connectivity index (χ1v) is 4.76. The van der Waals surface area contributed by atoms with E-state index in [1.807, 2.05) is 24.4 Å². The highest BCUT2D eigenvalue weighted by Crippen LogP contribution is 2.33. The lowest BCUT2D eigenvalue weighted by Gasteiger charge is -2.28. The molecule has 0 aliphatic heterocycles. The summed E-state index contributed by atoms with van der Waals surface area (Å²) in [4.78, 5) is 3.06. The maximum atomic E-state index is 10.2. The van der Waals surface area contributed by atoms with Crippen LogP contribution in [0.5, 0.6) is 0 Å². The summed E-state index contributed by atoms with van der Waals surface area (Å²) in [6.07, 6.45) is 7.70. The highest BCUT2D eigenvalue weighted by atomic mass is 16.3. The molecule has 13 heavy (non-hydrogen) atoms. The molecular formula is C11H15NO. The van der Waals surface area contributed by atoms with Crippen molar-refractivity contribution >= 4 is 0 Å². The van der Waals surface area contributed by atoms with Crippen LogP contribution in [0.1, 0.15) is 25.5 Å². The summed E-state index contributed by atoms with van der Waals surface area (Å²) < 4.78 is 0. The summed E-state index contributed by atoms with van der Waals surface area (Å²) in [5, 5.41) is 10.2. The smallest absolute Gasteiger partial charge is 0.122 e. The van der Waals surface area contributed by atoms with Gasteiger partial charge in [-0.2, -0.15) is 0 Å². The molecule has 2 atom stereocenters. The summed E-state index contributed by atoms with van der Waals surface area (Å²) in [5.41, 5.74) is 0.145. The molecule has 0 saturated heterocycles. The number of rotatable bonds is 1. The van der Waals surface area contributed by atoms with Crippen molar-refractivity contribution in [1.29, 1.82) is 0 Å². The maximum absolute atomic E-state index is 10.2. The van der Waals surface area contributed by atoms with E-state index in [2.05, 4.69) is 18.0 Å². The zero-order valence-corrected chi connectivity index (χ0v) is 7.83. The number of hydrogen-bond donors (Lipinski definition) is 2. The van der Waals surface area contributed by atoms with Gasteiger partial charge in [-0.05, 0) is 30.9 Å². The van der Waals surface area contributed by atoms with Crippen LogP contribution < -0.4 is 0 Å². The molecule has 2 N–H and O–H groups in total. The second-order valence-corrected chi connectivity index (χ2v) is 3.88. The molecular weight excluding hydrogens is 162 g/mol. The third-order valence-corrected chi connectivity index (χ3v) is 2.75. The van der Waals surface area contributed by atoms with Crippen LogP contribution in [0.15, 0.2) is 30.5 Å². The Morgan fingerprint density at radius 1 is 1.62 bits per heavy atom. The van der Waals surface area contributed by atoms with Gasteiger partial charge in [0.05, 0.1) is 5.69 Å². The number of H-pyrrole nitrogens is 1. The van der Waals surface area contributed by atoms with E-state index < -0.39 is 5.60 Å². The van der Waals surface area contributed by atoms with Crippen molar-refractivity contribution in [3.63, 3.8) is 0 Å². The van der Waals surface area contributed by atoms with E-state index in [1.54, 1.807) is 0 Å². The third-order valence-electron chi connectivity index (χ3n) is 2.75. The van der Waals surface area contributed by atoms with Crippen molar-refractivity contribution in [2.45, 2.75) is 25.4 Å². The minimum atomic E-state index is -0.754. The maximum Gasteiger partial charge on any atom is 0.122 e. The monoisotopic (exact) mass is 177 g/mol. The van der Waals surface area contributed by atoms with E-state index in [-0.39, 0.29) is 0 Å². The molecule has 2 unspecified atom stereocenters. The average molecular weight is 177 g/mol. The molecule has 2 heteroatoms. The Kier molecular flexibility index (Phi) is 2.00. The summed E-state index contributed by atoms with van der Waals surface area (Å²) in [7, 11) is 0. The number of hydrogen-bond acceptors (Lipinski definition) is 1. The zero-order chi connectivity index (χ0) is 9.31. The number of aromatic nitrogens is 1.